The van der Waals surface area contributed by atoms with Gasteiger partial charge in [-0.25, -0.2) is 8.42 Å². The molecule has 3 unspecified atom stereocenters. The summed E-state index contributed by atoms with van der Waals surface area (Å²) in [5.74, 6) is -0.0982. The quantitative estimate of drug-likeness (QED) is 0.546. The van der Waals surface area contributed by atoms with Gasteiger partial charge >= 0.3 is 0 Å². The number of hydrogen-bond donors (Lipinski definition) is 0. The van der Waals surface area contributed by atoms with E-state index in [0.29, 0.717) is 12.8 Å². The van der Waals surface area contributed by atoms with E-state index in [0.717, 1.165) is 0 Å². The van der Waals surface area contributed by atoms with Gasteiger partial charge in [0.25, 0.3) is 0 Å². The zero-order valence-electron chi connectivity index (χ0n) is 6.36. The average Bonchev–Trinajstić information content (AvgIpc) is 2.14. The zero-order valence-corrected chi connectivity index (χ0v) is 7.94. The molecule has 0 aromatic heterocycles. The molecule has 0 aliphatic carbocycles. The Morgan fingerprint density at radius 3 is 2.67 bits per heavy atom. The fourth-order valence-electron chi connectivity index (χ4n) is 2.00. The molecule has 2 heterocycles. The summed E-state index contributed by atoms with van der Waals surface area (Å²) in [5, 5.41) is -1.80. The number of alkyl halides is 1. The summed E-state index contributed by atoms with van der Waals surface area (Å²) in [6.07, 6.45) is 1.31. The van der Waals surface area contributed by atoms with Gasteiger partial charge in [-0.3, -0.25) is 4.79 Å². The first-order valence-electron chi connectivity index (χ1n) is 3.93. The Morgan fingerprint density at radius 2 is 2.00 bits per heavy atom. The minimum atomic E-state index is -3.06. The molecule has 2 rings (SSSR count). The molecule has 0 saturated carbocycles. The molecule has 2 aliphatic heterocycles. The summed E-state index contributed by atoms with van der Waals surface area (Å²) in [5.41, 5.74) is 0. The number of Topliss-reactive ketones (excluding diaryl/α,β-unsaturated/α-hetero) is 1. The average molecular weight is 209 g/mol. The van der Waals surface area contributed by atoms with Crippen LogP contribution in [0.25, 0.3) is 0 Å². The Kier molecular flexibility index (Phi) is 1.74. The van der Waals surface area contributed by atoms with Gasteiger partial charge in [0.15, 0.2) is 15.6 Å². The normalized spacial score (nSPS) is 44.8. The maximum Gasteiger partial charge on any atom is 0.158 e. The smallest absolute Gasteiger partial charge is 0.158 e. The second-order valence-electron chi connectivity index (χ2n) is 3.40. The second-order valence-corrected chi connectivity index (χ2v) is 6.32. The van der Waals surface area contributed by atoms with Crippen LogP contribution in [0.15, 0.2) is 0 Å². The van der Waals surface area contributed by atoms with Crippen LogP contribution >= 0.6 is 11.6 Å². The largest absolute Gasteiger partial charge is 0.298 e. The Labute approximate surface area is 76.0 Å². The molecule has 0 aromatic rings. The van der Waals surface area contributed by atoms with Gasteiger partial charge in [0.05, 0.1) is 10.5 Å². The molecule has 0 N–H and O–H groups in total. The van der Waals surface area contributed by atoms with Gasteiger partial charge in [-0.1, -0.05) is 0 Å². The van der Waals surface area contributed by atoms with E-state index in [1.54, 1.807) is 0 Å². The highest BCUT2D eigenvalue weighted by Gasteiger charge is 2.51. The highest BCUT2D eigenvalue weighted by Crippen LogP contribution is 2.38. The molecule has 0 aromatic carbocycles. The van der Waals surface area contributed by atoms with Gasteiger partial charge in [0, 0.05) is 6.42 Å². The molecule has 68 valence electrons. The van der Waals surface area contributed by atoms with Crippen molar-refractivity contribution in [3.8, 4) is 0 Å². The molecule has 0 amide bonds. The number of carbonyl (C=O) groups is 1. The lowest BCUT2D eigenvalue weighted by Gasteiger charge is -2.22. The third-order valence-electron chi connectivity index (χ3n) is 2.72. The molecule has 3 atom stereocenters. The molecule has 0 radical (unpaired) electrons. The lowest BCUT2D eigenvalue weighted by atomic mass is 10.2. The molecule has 0 spiro atoms. The SMILES string of the molecule is O=C1CC2CCC(C1Cl)S2(=O)=O. The number of rotatable bonds is 0. The van der Waals surface area contributed by atoms with E-state index in [2.05, 4.69) is 0 Å². The molecule has 12 heavy (non-hydrogen) atoms. The maximum absolute atomic E-state index is 11.5. The van der Waals surface area contributed by atoms with E-state index in [4.69, 9.17) is 11.6 Å². The van der Waals surface area contributed by atoms with Gasteiger partial charge in [0.2, 0.25) is 0 Å². The van der Waals surface area contributed by atoms with Crippen molar-refractivity contribution in [1.29, 1.82) is 0 Å². The summed E-state index contributed by atoms with van der Waals surface area (Å²) in [7, 11) is -3.06. The standard InChI is InChI=1S/C7H9ClO3S/c8-7-5(9)3-4-1-2-6(7)12(4,10)11/h4,6-7H,1-3H2. The molecule has 2 bridgehead atoms. The molecule has 2 aliphatic rings. The Balaban J connectivity index is 2.45. The third-order valence-corrected chi connectivity index (χ3v) is 6.10. The Bertz CT molecular complexity index is 322. The first-order chi connectivity index (χ1) is 5.53. The van der Waals surface area contributed by atoms with E-state index < -0.39 is 25.7 Å². The van der Waals surface area contributed by atoms with Crippen molar-refractivity contribution in [3.05, 3.63) is 0 Å². The van der Waals surface area contributed by atoms with Crippen LogP contribution in [0.4, 0.5) is 0 Å². The van der Waals surface area contributed by atoms with E-state index in [1.807, 2.05) is 0 Å². The molecule has 3 nitrogen and oxygen atoms in total. The van der Waals surface area contributed by atoms with Gasteiger partial charge in [-0.2, -0.15) is 0 Å². The highest BCUT2D eigenvalue weighted by atomic mass is 35.5. The van der Waals surface area contributed by atoms with E-state index in [9.17, 15) is 13.2 Å². The third kappa shape index (κ3) is 0.941. The second kappa shape index (κ2) is 2.45. The lowest BCUT2D eigenvalue weighted by Crippen LogP contribution is -2.42. The van der Waals surface area contributed by atoms with E-state index in [-0.39, 0.29) is 12.2 Å². The number of sulfone groups is 1. The van der Waals surface area contributed by atoms with Crippen LogP contribution in [0.3, 0.4) is 0 Å². The van der Waals surface area contributed by atoms with Gasteiger partial charge < -0.3 is 0 Å². The zero-order chi connectivity index (χ0) is 8.93. The molecule has 5 heteroatoms. The monoisotopic (exact) mass is 208 g/mol. The fraction of sp³-hybridized carbons (Fsp3) is 0.857. The predicted molar refractivity (Wildman–Crippen MR) is 45.0 cm³/mol. The molecule has 2 saturated heterocycles. The topological polar surface area (TPSA) is 51.2 Å². The van der Waals surface area contributed by atoms with Gasteiger partial charge in [0.1, 0.15) is 5.38 Å². The van der Waals surface area contributed by atoms with Crippen molar-refractivity contribution in [1.82, 2.24) is 0 Å². The van der Waals surface area contributed by atoms with Crippen LogP contribution in [0, 0.1) is 0 Å². The predicted octanol–water partition coefficient (Wildman–Crippen LogP) is 0.512. The number of fused-ring (bicyclic) bond motifs is 2. The number of carbonyl (C=O) groups excluding carboxylic acids is 1. The van der Waals surface area contributed by atoms with Crippen molar-refractivity contribution in [2.75, 3.05) is 0 Å². The molecule has 2 fully saturated rings. The lowest BCUT2D eigenvalue weighted by molar-refractivity contribution is -0.118. The van der Waals surface area contributed by atoms with Crippen molar-refractivity contribution in [2.45, 2.75) is 35.1 Å². The van der Waals surface area contributed by atoms with Crippen molar-refractivity contribution in [2.24, 2.45) is 0 Å². The number of ketones is 1. The number of hydrogen-bond acceptors (Lipinski definition) is 3. The number of halogens is 1. The van der Waals surface area contributed by atoms with Crippen LogP contribution in [0.2, 0.25) is 0 Å². The van der Waals surface area contributed by atoms with Crippen LogP contribution in [-0.2, 0) is 14.6 Å². The summed E-state index contributed by atoms with van der Waals surface area (Å²) in [6.45, 7) is 0. The fourth-order valence-corrected chi connectivity index (χ4v) is 4.95. The summed E-state index contributed by atoms with van der Waals surface area (Å²) >= 11 is 5.72. The first kappa shape index (κ1) is 8.51. The van der Waals surface area contributed by atoms with E-state index >= 15 is 0 Å². The summed E-state index contributed by atoms with van der Waals surface area (Å²) in [6, 6.07) is 0. The summed E-state index contributed by atoms with van der Waals surface area (Å²) < 4.78 is 23.0. The van der Waals surface area contributed by atoms with Gasteiger partial charge in [-0.15, -0.1) is 11.6 Å². The maximum atomic E-state index is 11.5. The van der Waals surface area contributed by atoms with Gasteiger partial charge in [-0.05, 0) is 12.8 Å². The minimum absolute atomic E-state index is 0.0982. The Hall–Kier alpha value is -0.0900. The van der Waals surface area contributed by atoms with Crippen molar-refractivity contribution < 1.29 is 13.2 Å². The molecular formula is C7H9ClO3S. The van der Waals surface area contributed by atoms with Crippen LogP contribution in [-0.4, -0.2) is 30.1 Å². The summed E-state index contributed by atoms with van der Waals surface area (Å²) in [4.78, 5) is 11.1. The highest BCUT2D eigenvalue weighted by molar-refractivity contribution is 7.93. The van der Waals surface area contributed by atoms with Crippen molar-refractivity contribution >= 4 is 27.2 Å². The minimum Gasteiger partial charge on any atom is -0.298 e. The van der Waals surface area contributed by atoms with E-state index in [1.165, 1.54) is 0 Å². The molecular weight excluding hydrogens is 200 g/mol. The first-order valence-corrected chi connectivity index (χ1v) is 5.97. The van der Waals surface area contributed by atoms with Crippen LogP contribution in [0.5, 0.6) is 0 Å². The van der Waals surface area contributed by atoms with Crippen LogP contribution < -0.4 is 0 Å². The Morgan fingerprint density at radius 1 is 1.33 bits per heavy atom. The van der Waals surface area contributed by atoms with Crippen LogP contribution in [0.1, 0.15) is 19.3 Å². The van der Waals surface area contributed by atoms with Crippen molar-refractivity contribution in [3.63, 3.8) is 0 Å².